The van der Waals surface area contributed by atoms with Crippen molar-refractivity contribution < 1.29 is 4.52 Å². The lowest BCUT2D eigenvalue weighted by atomic mass is 10.1. The summed E-state index contributed by atoms with van der Waals surface area (Å²) in [5.74, 6) is 1.23. The standard InChI is InChI=1S/C12H14ClN3O/c1-8-3-4-9(13)7-10(8)12-15-11(16-17-12)5-6-14-2/h3-4,7,14H,5-6H2,1-2H3. The summed E-state index contributed by atoms with van der Waals surface area (Å²) in [7, 11) is 1.89. The highest BCUT2D eigenvalue weighted by molar-refractivity contribution is 6.30. The molecule has 0 unspecified atom stereocenters. The molecule has 2 aromatic rings. The van der Waals surface area contributed by atoms with E-state index in [0.29, 0.717) is 16.7 Å². The molecule has 0 bridgehead atoms. The highest BCUT2D eigenvalue weighted by atomic mass is 35.5. The van der Waals surface area contributed by atoms with Crippen molar-refractivity contribution in [1.82, 2.24) is 15.5 Å². The van der Waals surface area contributed by atoms with Crippen LogP contribution in [0.4, 0.5) is 0 Å². The van der Waals surface area contributed by atoms with Crippen LogP contribution in [-0.2, 0) is 6.42 Å². The third-order valence-corrected chi connectivity index (χ3v) is 2.73. The monoisotopic (exact) mass is 251 g/mol. The van der Waals surface area contributed by atoms with Crippen LogP contribution in [0.1, 0.15) is 11.4 Å². The lowest BCUT2D eigenvalue weighted by Crippen LogP contribution is -2.11. The van der Waals surface area contributed by atoms with Gasteiger partial charge in [0.15, 0.2) is 5.82 Å². The Hall–Kier alpha value is -1.39. The third kappa shape index (κ3) is 2.84. The normalized spacial score (nSPS) is 10.8. The predicted molar refractivity (Wildman–Crippen MR) is 67.1 cm³/mol. The van der Waals surface area contributed by atoms with E-state index in [0.717, 1.165) is 24.1 Å². The van der Waals surface area contributed by atoms with Crippen molar-refractivity contribution in [2.75, 3.05) is 13.6 Å². The number of aryl methyl sites for hydroxylation is 1. The van der Waals surface area contributed by atoms with E-state index in [4.69, 9.17) is 16.1 Å². The Morgan fingerprint density at radius 1 is 1.41 bits per heavy atom. The minimum Gasteiger partial charge on any atom is -0.334 e. The fraction of sp³-hybridized carbons (Fsp3) is 0.333. The maximum Gasteiger partial charge on any atom is 0.258 e. The van der Waals surface area contributed by atoms with Gasteiger partial charge in [0.05, 0.1) is 0 Å². The molecule has 0 amide bonds. The summed E-state index contributed by atoms with van der Waals surface area (Å²) >= 11 is 5.96. The molecule has 0 saturated carbocycles. The molecule has 0 aliphatic carbocycles. The Morgan fingerprint density at radius 2 is 2.24 bits per heavy atom. The number of hydrogen-bond donors (Lipinski definition) is 1. The molecule has 1 heterocycles. The minimum absolute atomic E-state index is 0.524. The van der Waals surface area contributed by atoms with Crippen LogP contribution in [-0.4, -0.2) is 23.7 Å². The Labute approximate surface area is 105 Å². The van der Waals surface area contributed by atoms with Gasteiger partial charge >= 0.3 is 0 Å². The second-order valence-corrected chi connectivity index (χ2v) is 4.26. The fourth-order valence-corrected chi connectivity index (χ4v) is 1.70. The van der Waals surface area contributed by atoms with Crippen LogP contribution in [0.3, 0.4) is 0 Å². The maximum absolute atomic E-state index is 5.96. The van der Waals surface area contributed by atoms with E-state index in [1.165, 1.54) is 0 Å². The molecule has 0 saturated heterocycles. The number of nitrogens with zero attached hydrogens (tertiary/aromatic N) is 2. The smallest absolute Gasteiger partial charge is 0.258 e. The molecule has 1 aromatic heterocycles. The lowest BCUT2D eigenvalue weighted by Gasteiger charge is -2.00. The van der Waals surface area contributed by atoms with Crippen molar-refractivity contribution in [2.24, 2.45) is 0 Å². The van der Waals surface area contributed by atoms with Gasteiger partial charge in [-0.05, 0) is 31.7 Å². The van der Waals surface area contributed by atoms with Crippen molar-refractivity contribution in [2.45, 2.75) is 13.3 Å². The van der Waals surface area contributed by atoms with E-state index < -0.39 is 0 Å². The SMILES string of the molecule is CNCCc1noc(-c2cc(Cl)ccc2C)n1. The number of rotatable bonds is 4. The largest absolute Gasteiger partial charge is 0.334 e. The Kier molecular flexibility index (Phi) is 3.76. The van der Waals surface area contributed by atoms with E-state index in [1.54, 1.807) is 0 Å². The first-order valence-electron chi connectivity index (χ1n) is 5.44. The summed E-state index contributed by atoms with van der Waals surface area (Å²) in [4.78, 5) is 4.34. The summed E-state index contributed by atoms with van der Waals surface area (Å²) in [5, 5.41) is 7.64. The molecule has 1 N–H and O–H groups in total. The van der Waals surface area contributed by atoms with Crippen molar-refractivity contribution >= 4 is 11.6 Å². The molecule has 2 rings (SSSR count). The molecule has 1 aromatic carbocycles. The average Bonchev–Trinajstić information content (AvgIpc) is 2.78. The number of nitrogens with one attached hydrogen (secondary N) is 1. The summed E-state index contributed by atoms with van der Waals surface area (Å²) in [6, 6.07) is 5.63. The van der Waals surface area contributed by atoms with Gasteiger partial charge in [-0.15, -0.1) is 0 Å². The summed E-state index contributed by atoms with van der Waals surface area (Å²) in [6.07, 6.45) is 0.750. The van der Waals surface area contributed by atoms with Crippen molar-refractivity contribution in [3.63, 3.8) is 0 Å². The highest BCUT2D eigenvalue weighted by Gasteiger charge is 2.11. The summed E-state index contributed by atoms with van der Waals surface area (Å²) < 4.78 is 5.24. The molecule has 17 heavy (non-hydrogen) atoms. The molecule has 0 aliphatic rings. The number of halogens is 1. The van der Waals surface area contributed by atoms with Crippen LogP contribution >= 0.6 is 11.6 Å². The zero-order valence-electron chi connectivity index (χ0n) is 9.83. The van der Waals surface area contributed by atoms with E-state index in [-0.39, 0.29) is 0 Å². The zero-order chi connectivity index (χ0) is 12.3. The molecule has 0 fully saturated rings. The zero-order valence-corrected chi connectivity index (χ0v) is 10.6. The van der Waals surface area contributed by atoms with E-state index in [9.17, 15) is 0 Å². The summed E-state index contributed by atoms with van der Waals surface area (Å²) in [5.41, 5.74) is 1.96. The maximum atomic E-state index is 5.96. The number of hydrogen-bond acceptors (Lipinski definition) is 4. The molecule has 0 atom stereocenters. The third-order valence-electron chi connectivity index (χ3n) is 2.50. The molecule has 4 nitrogen and oxygen atoms in total. The minimum atomic E-state index is 0.524. The van der Waals surface area contributed by atoms with Crippen molar-refractivity contribution in [3.8, 4) is 11.5 Å². The van der Waals surface area contributed by atoms with Gasteiger partial charge in [-0.1, -0.05) is 22.8 Å². The second-order valence-electron chi connectivity index (χ2n) is 3.83. The first-order chi connectivity index (χ1) is 8.20. The van der Waals surface area contributed by atoms with Crippen molar-refractivity contribution in [3.05, 3.63) is 34.6 Å². The molecule has 5 heteroatoms. The lowest BCUT2D eigenvalue weighted by molar-refractivity contribution is 0.422. The molecular weight excluding hydrogens is 238 g/mol. The van der Waals surface area contributed by atoms with Crippen LogP contribution in [0.25, 0.3) is 11.5 Å². The Bertz CT molecular complexity index is 510. The van der Waals surface area contributed by atoms with Gasteiger partial charge in [0.2, 0.25) is 0 Å². The van der Waals surface area contributed by atoms with E-state index in [1.807, 2.05) is 32.2 Å². The van der Waals surface area contributed by atoms with Crippen LogP contribution in [0.5, 0.6) is 0 Å². The van der Waals surface area contributed by atoms with Crippen LogP contribution in [0, 0.1) is 6.92 Å². The van der Waals surface area contributed by atoms with Gasteiger partial charge in [-0.25, -0.2) is 0 Å². The van der Waals surface area contributed by atoms with E-state index in [2.05, 4.69) is 15.5 Å². The fourth-order valence-electron chi connectivity index (χ4n) is 1.53. The number of benzene rings is 1. The molecular formula is C12H14ClN3O. The first-order valence-corrected chi connectivity index (χ1v) is 5.82. The van der Waals surface area contributed by atoms with E-state index >= 15 is 0 Å². The van der Waals surface area contributed by atoms with Gasteiger partial charge in [-0.3, -0.25) is 0 Å². The Balaban J connectivity index is 2.27. The van der Waals surface area contributed by atoms with Crippen LogP contribution in [0.2, 0.25) is 5.02 Å². The Morgan fingerprint density at radius 3 is 3.00 bits per heavy atom. The number of aromatic nitrogens is 2. The predicted octanol–water partition coefficient (Wildman–Crippen LogP) is 2.46. The van der Waals surface area contributed by atoms with Gasteiger partial charge in [0, 0.05) is 23.6 Å². The molecule has 0 aliphatic heterocycles. The molecule has 90 valence electrons. The molecule has 0 radical (unpaired) electrons. The van der Waals surface area contributed by atoms with Crippen LogP contribution in [0.15, 0.2) is 22.7 Å². The van der Waals surface area contributed by atoms with Gasteiger partial charge in [0.1, 0.15) is 0 Å². The van der Waals surface area contributed by atoms with Gasteiger partial charge in [-0.2, -0.15) is 4.98 Å². The number of likely N-dealkylation sites (N-methyl/N-ethyl adjacent to an activating group) is 1. The summed E-state index contributed by atoms with van der Waals surface area (Å²) in [6.45, 7) is 2.82. The second kappa shape index (κ2) is 5.29. The van der Waals surface area contributed by atoms with Gasteiger partial charge in [0.25, 0.3) is 5.89 Å². The van der Waals surface area contributed by atoms with Crippen LogP contribution < -0.4 is 5.32 Å². The molecule has 0 spiro atoms. The van der Waals surface area contributed by atoms with Crippen molar-refractivity contribution in [1.29, 1.82) is 0 Å². The van der Waals surface area contributed by atoms with Gasteiger partial charge < -0.3 is 9.84 Å². The highest BCUT2D eigenvalue weighted by Crippen LogP contribution is 2.25. The topological polar surface area (TPSA) is 51.0 Å². The first kappa shape index (κ1) is 12.1. The quantitative estimate of drug-likeness (QED) is 0.907. The average molecular weight is 252 g/mol.